The molecule has 1 atom stereocenters. The van der Waals surface area contributed by atoms with Gasteiger partial charge in [-0.1, -0.05) is 35.9 Å². The van der Waals surface area contributed by atoms with E-state index in [1.165, 1.54) is 12.1 Å². The van der Waals surface area contributed by atoms with Gasteiger partial charge in [-0.3, -0.25) is 14.4 Å². The zero-order valence-electron chi connectivity index (χ0n) is 18.7. The summed E-state index contributed by atoms with van der Waals surface area (Å²) >= 11 is 0. The molecule has 2 aromatic carbocycles. The standard InChI is InChI=1S/C25H26N4O3/c1-15-11-16(2)24(17(3)12-15)26-22(30)14-28-23(31)10-9-20(27-28)25(32)29-18(4)13-19-7-5-6-8-21(19)29/h5-12,18H,13-14H2,1-4H3,(H,26,30)/t18-/m0/s1. The topological polar surface area (TPSA) is 84.3 Å². The van der Waals surface area contributed by atoms with Crippen LogP contribution in [0.2, 0.25) is 0 Å². The quantitative estimate of drug-likeness (QED) is 0.688. The molecule has 1 aromatic heterocycles. The van der Waals surface area contributed by atoms with Crippen LogP contribution in [0.3, 0.4) is 0 Å². The molecule has 32 heavy (non-hydrogen) atoms. The smallest absolute Gasteiger partial charge is 0.278 e. The number of para-hydroxylation sites is 1. The lowest BCUT2D eigenvalue weighted by molar-refractivity contribution is -0.117. The van der Waals surface area contributed by atoms with Gasteiger partial charge in [-0.25, -0.2) is 4.68 Å². The number of rotatable bonds is 4. The fourth-order valence-corrected chi connectivity index (χ4v) is 4.37. The molecule has 164 valence electrons. The zero-order chi connectivity index (χ0) is 23.0. The van der Waals surface area contributed by atoms with Crippen LogP contribution in [0.5, 0.6) is 0 Å². The Morgan fingerprint density at radius 1 is 1.06 bits per heavy atom. The summed E-state index contributed by atoms with van der Waals surface area (Å²) in [5.41, 5.74) is 5.37. The van der Waals surface area contributed by atoms with E-state index in [2.05, 4.69) is 10.4 Å². The summed E-state index contributed by atoms with van der Waals surface area (Å²) in [5, 5.41) is 7.09. The summed E-state index contributed by atoms with van der Waals surface area (Å²) in [6.45, 7) is 7.55. The Kier molecular flexibility index (Phi) is 5.65. The van der Waals surface area contributed by atoms with Crippen LogP contribution in [0, 0.1) is 20.8 Å². The molecule has 2 amide bonds. The number of benzene rings is 2. The van der Waals surface area contributed by atoms with E-state index >= 15 is 0 Å². The van der Waals surface area contributed by atoms with Crippen molar-refractivity contribution in [2.24, 2.45) is 0 Å². The first-order chi connectivity index (χ1) is 15.2. The lowest BCUT2D eigenvalue weighted by atomic mass is 10.1. The van der Waals surface area contributed by atoms with Crippen molar-refractivity contribution >= 4 is 23.2 Å². The lowest BCUT2D eigenvalue weighted by Gasteiger charge is -2.22. The van der Waals surface area contributed by atoms with Gasteiger partial charge in [0.1, 0.15) is 12.2 Å². The van der Waals surface area contributed by atoms with Crippen molar-refractivity contribution in [1.82, 2.24) is 9.78 Å². The van der Waals surface area contributed by atoms with Crippen molar-refractivity contribution in [3.63, 3.8) is 0 Å². The minimum absolute atomic E-state index is 0.0159. The van der Waals surface area contributed by atoms with Crippen LogP contribution in [0.1, 0.15) is 39.7 Å². The first-order valence-electron chi connectivity index (χ1n) is 10.6. The maximum Gasteiger partial charge on any atom is 0.278 e. The summed E-state index contributed by atoms with van der Waals surface area (Å²) < 4.78 is 1.04. The Bertz CT molecular complexity index is 1260. The van der Waals surface area contributed by atoms with Gasteiger partial charge < -0.3 is 10.2 Å². The second kappa shape index (κ2) is 8.42. The fourth-order valence-electron chi connectivity index (χ4n) is 4.37. The average molecular weight is 431 g/mol. The minimum atomic E-state index is -0.441. The van der Waals surface area contributed by atoms with Gasteiger partial charge in [0.25, 0.3) is 11.5 Å². The molecule has 0 bridgehead atoms. The van der Waals surface area contributed by atoms with Gasteiger partial charge in [-0.15, -0.1) is 0 Å². The van der Waals surface area contributed by atoms with Crippen molar-refractivity contribution in [3.8, 4) is 0 Å². The lowest BCUT2D eigenvalue weighted by Crippen LogP contribution is -2.38. The monoisotopic (exact) mass is 430 g/mol. The van der Waals surface area contributed by atoms with E-state index in [1.807, 2.05) is 64.1 Å². The van der Waals surface area contributed by atoms with Gasteiger partial charge in [-0.05, 0) is 62.9 Å². The number of anilines is 2. The van der Waals surface area contributed by atoms with Gasteiger partial charge in [0.15, 0.2) is 0 Å². The number of fused-ring (bicyclic) bond motifs is 1. The van der Waals surface area contributed by atoms with Crippen molar-refractivity contribution in [1.29, 1.82) is 0 Å². The molecule has 0 unspecified atom stereocenters. The van der Waals surface area contributed by atoms with E-state index < -0.39 is 5.56 Å². The van der Waals surface area contributed by atoms with Crippen LogP contribution in [0.25, 0.3) is 0 Å². The number of amides is 2. The highest BCUT2D eigenvalue weighted by Gasteiger charge is 2.32. The van der Waals surface area contributed by atoms with Crippen molar-refractivity contribution in [2.75, 3.05) is 10.2 Å². The molecule has 0 radical (unpaired) electrons. The van der Waals surface area contributed by atoms with E-state index in [0.717, 1.165) is 44.7 Å². The second-order valence-electron chi connectivity index (χ2n) is 8.39. The SMILES string of the molecule is Cc1cc(C)c(NC(=O)Cn2nc(C(=O)N3c4ccccc4C[C@@H]3C)ccc2=O)c(C)c1. The molecule has 7 heteroatoms. The molecular weight excluding hydrogens is 404 g/mol. The summed E-state index contributed by atoms with van der Waals surface area (Å²) in [6, 6.07) is 14.4. The van der Waals surface area contributed by atoms with E-state index in [-0.39, 0.29) is 30.1 Å². The van der Waals surface area contributed by atoms with Gasteiger partial charge >= 0.3 is 0 Å². The largest absolute Gasteiger partial charge is 0.324 e. The summed E-state index contributed by atoms with van der Waals surface area (Å²) in [4.78, 5) is 39.9. The van der Waals surface area contributed by atoms with Crippen LogP contribution in [-0.2, 0) is 17.8 Å². The number of hydrogen-bond acceptors (Lipinski definition) is 4. The molecule has 0 saturated carbocycles. The first kappa shape index (κ1) is 21.5. The van der Waals surface area contributed by atoms with Crippen molar-refractivity contribution in [2.45, 2.75) is 46.7 Å². The van der Waals surface area contributed by atoms with Gasteiger partial charge in [0.05, 0.1) is 0 Å². The number of aryl methyl sites for hydroxylation is 3. The van der Waals surface area contributed by atoms with Crippen LogP contribution in [0.4, 0.5) is 11.4 Å². The van der Waals surface area contributed by atoms with Crippen LogP contribution < -0.4 is 15.8 Å². The number of aromatic nitrogens is 2. The van der Waals surface area contributed by atoms with E-state index in [0.29, 0.717) is 0 Å². The number of carbonyl (C=O) groups is 2. The average Bonchev–Trinajstić information content (AvgIpc) is 3.07. The van der Waals surface area contributed by atoms with E-state index in [9.17, 15) is 14.4 Å². The molecule has 0 spiro atoms. The molecule has 0 saturated heterocycles. The first-order valence-corrected chi connectivity index (χ1v) is 10.6. The summed E-state index contributed by atoms with van der Waals surface area (Å²) in [5.74, 6) is -0.666. The third-order valence-corrected chi connectivity index (χ3v) is 5.75. The Labute approximate surface area is 186 Å². The Balaban J connectivity index is 1.57. The Morgan fingerprint density at radius 2 is 1.75 bits per heavy atom. The molecule has 2 heterocycles. The zero-order valence-corrected chi connectivity index (χ0v) is 18.7. The highest BCUT2D eigenvalue weighted by Crippen LogP contribution is 2.32. The summed E-state index contributed by atoms with van der Waals surface area (Å²) in [6.07, 6.45) is 0.763. The molecule has 0 fully saturated rings. The predicted octanol–water partition coefficient (Wildman–Crippen LogP) is 3.40. The minimum Gasteiger partial charge on any atom is -0.324 e. The van der Waals surface area contributed by atoms with Crippen molar-refractivity contribution in [3.05, 3.63) is 86.8 Å². The highest BCUT2D eigenvalue weighted by molar-refractivity contribution is 6.06. The number of nitrogens with zero attached hydrogens (tertiary/aromatic N) is 3. The van der Waals surface area contributed by atoms with Crippen LogP contribution in [-0.4, -0.2) is 27.6 Å². The Morgan fingerprint density at radius 3 is 2.47 bits per heavy atom. The number of carbonyl (C=O) groups excluding carboxylic acids is 2. The van der Waals surface area contributed by atoms with Gasteiger partial charge in [0.2, 0.25) is 5.91 Å². The molecule has 3 aromatic rings. The van der Waals surface area contributed by atoms with E-state index in [1.54, 1.807) is 4.90 Å². The van der Waals surface area contributed by atoms with Gasteiger partial charge in [0, 0.05) is 23.5 Å². The molecule has 0 aliphatic carbocycles. The molecule has 1 aliphatic heterocycles. The Hall–Kier alpha value is -3.74. The normalized spacial score (nSPS) is 14.9. The van der Waals surface area contributed by atoms with Crippen molar-refractivity contribution < 1.29 is 9.59 Å². The third-order valence-electron chi connectivity index (χ3n) is 5.75. The molecule has 7 nitrogen and oxygen atoms in total. The predicted molar refractivity (Wildman–Crippen MR) is 124 cm³/mol. The second-order valence-corrected chi connectivity index (χ2v) is 8.39. The number of hydrogen-bond donors (Lipinski definition) is 1. The molecule has 4 rings (SSSR count). The molecular formula is C25H26N4O3. The number of nitrogens with one attached hydrogen (secondary N) is 1. The third kappa shape index (κ3) is 4.06. The summed E-state index contributed by atoms with van der Waals surface area (Å²) in [7, 11) is 0. The fraction of sp³-hybridized carbons (Fsp3) is 0.280. The van der Waals surface area contributed by atoms with E-state index in [4.69, 9.17) is 0 Å². The van der Waals surface area contributed by atoms with Crippen LogP contribution in [0.15, 0.2) is 53.3 Å². The van der Waals surface area contributed by atoms with Gasteiger partial charge in [-0.2, -0.15) is 5.10 Å². The highest BCUT2D eigenvalue weighted by atomic mass is 16.2. The maximum atomic E-state index is 13.2. The van der Waals surface area contributed by atoms with Crippen LogP contribution >= 0.6 is 0 Å². The molecule has 1 N–H and O–H groups in total. The maximum absolute atomic E-state index is 13.2. The molecule has 1 aliphatic rings.